The van der Waals surface area contributed by atoms with Gasteiger partial charge in [0.1, 0.15) is 0 Å². The lowest BCUT2D eigenvalue weighted by molar-refractivity contribution is 0.369. The van der Waals surface area contributed by atoms with Gasteiger partial charge in [-0.2, -0.15) is 0 Å². The fraction of sp³-hybridized carbons (Fsp3) is 0.273. The first kappa shape index (κ1) is 10.9. The van der Waals surface area contributed by atoms with Gasteiger partial charge in [0, 0.05) is 17.3 Å². The lowest BCUT2D eigenvalue weighted by Gasteiger charge is -2.14. The van der Waals surface area contributed by atoms with Crippen molar-refractivity contribution in [3.05, 3.63) is 28.8 Å². The molecule has 14 heavy (non-hydrogen) atoms. The molecule has 0 aliphatic heterocycles. The van der Waals surface area contributed by atoms with Crippen LogP contribution in [0.25, 0.3) is 0 Å². The Morgan fingerprint density at radius 2 is 2.29 bits per heavy atom. The maximum atomic E-state index is 6.02. The summed E-state index contributed by atoms with van der Waals surface area (Å²) < 4.78 is 0. The van der Waals surface area contributed by atoms with Gasteiger partial charge in [-0.3, -0.25) is 4.90 Å². The first-order valence-corrected chi connectivity index (χ1v) is 4.67. The van der Waals surface area contributed by atoms with Crippen molar-refractivity contribution in [3.8, 4) is 12.3 Å². The standard InChI is InChI=1S/C11H13ClN2/c1-3-6-14(2)8-9-4-5-10(13)7-11(9)12/h1,4-5,7H,6,8,13H2,2H3. The minimum absolute atomic E-state index is 0.612. The highest BCUT2D eigenvalue weighted by Crippen LogP contribution is 2.20. The lowest BCUT2D eigenvalue weighted by Crippen LogP contribution is -2.17. The van der Waals surface area contributed by atoms with Gasteiger partial charge in [-0.15, -0.1) is 6.42 Å². The van der Waals surface area contributed by atoms with Crippen molar-refractivity contribution in [1.82, 2.24) is 4.90 Å². The van der Waals surface area contributed by atoms with Gasteiger partial charge in [-0.25, -0.2) is 0 Å². The van der Waals surface area contributed by atoms with Crippen molar-refractivity contribution in [1.29, 1.82) is 0 Å². The third-order valence-corrected chi connectivity index (χ3v) is 2.23. The topological polar surface area (TPSA) is 29.3 Å². The summed E-state index contributed by atoms with van der Waals surface area (Å²) in [5, 5.41) is 0.689. The molecular weight excluding hydrogens is 196 g/mol. The largest absolute Gasteiger partial charge is 0.399 e. The first-order valence-electron chi connectivity index (χ1n) is 4.29. The van der Waals surface area contributed by atoms with Crippen LogP contribution in [-0.4, -0.2) is 18.5 Å². The fourth-order valence-corrected chi connectivity index (χ4v) is 1.44. The Kier molecular flexibility index (Phi) is 3.82. The highest BCUT2D eigenvalue weighted by molar-refractivity contribution is 6.31. The molecule has 0 saturated carbocycles. The van der Waals surface area contributed by atoms with Gasteiger partial charge in [-0.1, -0.05) is 23.6 Å². The monoisotopic (exact) mass is 208 g/mol. The van der Waals surface area contributed by atoms with Gasteiger partial charge in [0.2, 0.25) is 0 Å². The minimum atomic E-state index is 0.612. The Balaban J connectivity index is 2.73. The smallest absolute Gasteiger partial charge is 0.0599 e. The number of nitrogens with zero attached hydrogens (tertiary/aromatic N) is 1. The molecule has 1 aromatic carbocycles. The van der Waals surface area contributed by atoms with E-state index in [1.807, 2.05) is 24.1 Å². The molecule has 2 nitrogen and oxygen atoms in total. The second kappa shape index (κ2) is 4.90. The summed E-state index contributed by atoms with van der Waals surface area (Å²) in [5.74, 6) is 2.58. The molecule has 0 spiro atoms. The van der Waals surface area contributed by atoms with E-state index in [-0.39, 0.29) is 0 Å². The Bertz CT molecular complexity index is 355. The zero-order valence-electron chi connectivity index (χ0n) is 8.13. The van der Waals surface area contributed by atoms with E-state index in [2.05, 4.69) is 5.92 Å². The fourth-order valence-electron chi connectivity index (χ4n) is 1.19. The molecule has 0 aromatic heterocycles. The van der Waals surface area contributed by atoms with Crippen LogP contribution in [0.1, 0.15) is 5.56 Å². The summed E-state index contributed by atoms with van der Waals surface area (Å²) in [5.41, 5.74) is 7.31. The van der Waals surface area contributed by atoms with E-state index < -0.39 is 0 Å². The maximum absolute atomic E-state index is 6.02. The van der Waals surface area contributed by atoms with Crippen LogP contribution in [0.5, 0.6) is 0 Å². The van der Waals surface area contributed by atoms with Crippen LogP contribution in [0.2, 0.25) is 5.02 Å². The molecule has 3 heteroatoms. The number of hydrogen-bond acceptors (Lipinski definition) is 2. The van der Waals surface area contributed by atoms with E-state index >= 15 is 0 Å². The van der Waals surface area contributed by atoms with E-state index in [4.69, 9.17) is 23.8 Å². The number of anilines is 1. The Morgan fingerprint density at radius 1 is 1.57 bits per heavy atom. The van der Waals surface area contributed by atoms with E-state index in [1.165, 1.54) is 0 Å². The first-order chi connectivity index (χ1) is 6.63. The third-order valence-electron chi connectivity index (χ3n) is 1.88. The van der Waals surface area contributed by atoms with Crippen LogP contribution in [-0.2, 0) is 6.54 Å². The van der Waals surface area contributed by atoms with Gasteiger partial charge in [0.05, 0.1) is 6.54 Å². The zero-order valence-corrected chi connectivity index (χ0v) is 8.88. The number of nitrogen functional groups attached to an aromatic ring is 1. The van der Waals surface area contributed by atoms with Crippen molar-refractivity contribution < 1.29 is 0 Å². The number of nitrogens with two attached hydrogens (primary N) is 1. The van der Waals surface area contributed by atoms with Crippen LogP contribution in [0.3, 0.4) is 0 Å². The average Bonchev–Trinajstić information content (AvgIpc) is 2.10. The van der Waals surface area contributed by atoms with Crippen LogP contribution >= 0.6 is 11.6 Å². The Morgan fingerprint density at radius 3 is 2.86 bits per heavy atom. The molecule has 1 aromatic rings. The summed E-state index contributed by atoms with van der Waals surface area (Å²) in [6, 6.07) is 5.51. The normalized spacial score (nSPS) is 10.1. The summed E-state index contributed by atoms with van der Waals surface area (Å²) in [6.07, 6.45) is 5.20. The minimum Gasteiger partial charge on any atom is -0.399 e. The molecule has 0 bridgehead atoms. The summed E-state index contributed by atoms with van der Waals surface area (Å²) in [6.45, 7) is 1.35. The molecule has 0 amide bonds. The van der Waals surface area contributed by atoms with Crippen molar-refractivity contribution in [2.75, 3.05) is 19.3 Å². The van der Waals surface area contributed by atoms with E-state index in [0.717, 1.165) is 12.1 Å². The van der Waals surface area contributed by atoms with Gasteiger partial charge in [0.25, 0.3) is 0 Å². The van der Waals surface area contributed by atoms with Crippen molar-refractivity contribution in [3.63, 3.8) is 0 Å². The molecule has 0 atom stereocenters. The molecule has 0 unspecified atom stereocenters. The summed E-state index contributed by atoms with van der Waals surface area (Å²) in [7, 11) is 1.95. The van der Waals surface area contributed by atoms with E-state index in [0.29, 0.717) is 17.3 Å². The van der Waals surface area contributed by atoms with Crippen LogP contribution in [0.4, 0.5) is 5.69 Å². The molecular formula is C11H13ClN2. The molecule has 0 heterocycles. The van der Waals surface area contributed by atoms with Crippen LogP contribution in [0, 0.1) is 12.3 Å². The second-order valence-corrected chi connectivity index (χ2v) is 3.63. The van der Waals surface area contributed by atoms with E-state index in [1.54, 1.807) is 6.07 Å². The molecule has 0 radical (unpaired) electrons. The molecule has 0 saturated heterocycles. The van der Waals surface area contributed by atoms with Crippen molar-refractivity contribution in [2.24, 2.45) is 0 Å². The molecule has 0 aliphatic carbocycles. The van der Waals surface area contributed by atoms with Crippen LogP contribution < -0.4 is 5.73 Å². The maximum Gasteiger partial charge on any atom is 0.0599 e. The Hall–Kier alpha value is -1.17. The van der Waals surface area contributed by atoms with Gasteiger partial charge in [0.15, 0.2) is 0 Å². The summed E-state index contributed by atoms with van der Waals surface area (Å²) >= 11 is 6.02. The molecule has 74 valence electrons. The van der Waals surface area contributed by atoms with Crippen LogP contribution in [0.15, 0.2) is 18.2 Å². The average molecular weight is 209 g/mol. The third kappa shape index (κ3) is 2.95. The van der Waals surface area contributed by atoms with Gasteiger partial charge >= 0.3 is 0 Å². The second-order valence-electron chi connectivity index (χ2n) is 3.23. The quantitative estimate of drug-likeness (QED) is 0.608. The SMILES string of the molecule is C#CCN(C)Cc1ccc(N)cc1Cl. The molecule has 1 rings (SSSR count). The lowest BCUT2D eigenvalue weighted by atomic mass is 10.2. The highest BCUT2D eigenvalue weighted by Gasteiger charge is 2.03. The molecule has 0 aliphatic rings. The zero-order chi connectivity index (χ0) is 10.6. The number of halogens is 1. The number of rotatable bonds is 3. The van der Waals surface area contributed by atoms with Crippen molar-refractivity contribution >= 4 is 17.3 Å². The predicted molar refractivity (Wildman–Crippen MR) is 61.0 cm³/mol. The number of hydrogen-bond donors (Lipinski definition) is 1. The predicted octanol–water partition coefficient (Wildman–Crippen LogP) is 1.99. The van der Waals surface area contributed by atoms with E-state index in [9.17, 15) is 0 Å². The van der Waals surface area contributed by atoms with Gasteiger partial charge < -0.3 is 5.73 Å². The Labute approximate surface area is 89.7 Å². The molecule has 0 fully saturated rings. The van der Waals surface area contributed by atoms with Crippen molar-refractivity contribution in [2.45, 2.75) is 6.54 Å². The number of benzene rings is 1. The number of terminal acetylenes is 1. The summed E-state index contributed by atoms with van der Waals surface area (Å²) in [4.78, 5) is 2.01. The highest BCUT2D eigenvalue weighted by atomic mass is 35.5. The molecule has 2 N–H and O–H groups in total. The van der Waals surface area contributed by atoms with Gasteiger partial charge in [-0.05, 0) is 24.7 Å².